The second-order valence-electron chi connectivity index (χ2n) is 7.81. The number of rotatable bonds is 6. The van der Waals surface area contributed by atoms with Crippen molar-refractivity contribution in [2.24, 2.45) is 7.05 Å². The highest BCUT2D eigenvalue weighted by Crippen LogP contribution is 2.22. The normalized spacial score (nSPS) is 11.4. The standard InChI is InChI=1S/C23H20FN7O2S/c1-14-7-9-15(10-8-14)12-30-21(33)20-18(11-25-29(20)2)31-22(30)27-28-23(31)34-13-19(32)26-17-6-4-3-5-16(17)24/h3-11H,12-13H2,1-2H3,(H,26,32). The molecule has 3 aromatic heterocycles. The van der Waals surface area contributed by atoms with Crippen molar-refractivity contribution in [3.05, 3.63) is 82.0 Å². The second kappa shape index (κ2) is 8.75. The number of carbonyl (C=O) groups excluding carboxylic acids is 1. The van der Waals surface area contributed by atoms with E-state index in [1.165, 1.54) is 16.8 Å². The fraction of sp³-hybridized carbons (Fsp3) is 0.174. The molecule has 1 amide bonds. The molecule has 0 aliphatic carbocycles. The van der Waals surface area contributed by atoms with Crippen LogP contribution in [0.4, 0.5) is 10.1 Å². The molecule has 0 aliphatic heterocycles. The summed E-state index contributed by atoms with van der Waals surface area (Å²) in [5.41, 5.74) is 2.89. The summed E-state index contributed by atoms with van der Waals surface area (Å²) in [5, 5.41) is 15.7. The molecule has 1 N–H and O–H groups in total. The van der Waals surface area contributed by atoms with Gasteiger partial charge in [-0.05, 0) is 24.6 Å². The van der Waals surface area contributed by atoms with E-state index in [0.29, 0.717) is 28.5 Å². The summed E-state index contributed by atoms with van der Waals surface area (Å²) in [7, 11) is 1.70. The topological polar surface area (TPSA) is 99.1 Å². The summed E-state index contributed by atoms with van der Waals surface area (Å²) >= 11 is 1.14. The molecule has 0 atom stereocenters. The van der Waals surface area contributed by atoms with Crippen LogP contribution in [0.15, 0.2) is 64.7 Å². The van der Waals surface area contributed by atoms with E-state index in [1.54, 1.807) is 34.3 Å². The predicted octanol–water partition coefficient (Wildman–Crippen LogP) is 3.00. The number of hydrogen-bond acceptors (Lipinski definition) is 6. The third kappa shape index (κ3) is 3.94. The maximum Gasteiger partial charge on any atom is 0.281 e. The van der Waals surface area contributed by atoms with Crippen molar-refractivity contribution in [3.63, 3.8) is 0 Å². The van der Waals surface area contributed by atoms with Crippen LogP contribution in [0.2, 0.25) is 0 Å². The number of nitrogens with zero attached hydrogens (tertiary/aromatic N) is 6. The van der Waals surface area contributed by atoms with Crippen LogP contribution in [-0.2, 0) is 18.4 Å². The molecule has 34 heavy (non-hydrogen) atoms. The molecular weight excluding hydrogens is 457 g/mol. The van der Waals surface area contributed by atoms with Crippen molar-refractivity contribution < 1.29 is 9.18 Å². The molecule has 9 nitrogen and oxygen atoms in total. The van der Waals surface area contributed by atoms with Gasteiger partial charge in [0.2, 0.25) is 11.7 Å². The minimum absolute atomic E-state index is 0.0199. The SMILES string of the molecule is Cc1ccc(Cn2c(=O)c3c(cnn3C)n3c(SCC(=O)Nc4ccccc4F)nnc23)cc1. The van der Waals surface area contributed by atoms with Gasteiger partial charge in [0, 0.05) is 7.05 Å². The first kappa shape index (κ1) is 21.8. The van der Waals surface area contributed by atoms with Gasteiger partial charge in [-0.2, -0.15) is 5.10 Å². The lowest BCUT2D eigenvalue weighted by Gasteiger charge is -2.10. The molecular formula is C23H20FN7O2S. The number of nitrogens with one attached hydrogen (secondary N) is 1. The van der Waals surface area contributed by atoms with E-state index in [4.69, 9.17) is 0 Å². The van der Waals surface area contributed by atoms with Crippen molar-refractivity contribution in [1.82, 2.24) is 28.9 Å². The van der Waals surface area contributed by atoms with Crippen LogP contribution in [0.3, 0.4) is 0 Å². The maximum absolute atomic E-state index is 13.8. The molecule has 0 radical (unpaired) electrons. The Balaban J connectivity index is 1.51. The molecule has 0 aliphatic rings. The first-order valence-corrected chi connectivity index (χ1v) is 11.4. The smallest absolute Gasteiger partial charge is 0.281 e. The minimum atomic E-state index is -0.508. The number of para-hydroxylation sites is 1. The predicted molar refractivity (Wildman–Crippen MR) is 128 cm³/mol. The van der Waals surface area contributed by atoms with Crippen LogP contribution in [0.25, 0.3) is 16.8 Å². The van der Waals surface area contributed by atoms with Crippen LogP contribution in [0.1, 0.15) is 11.1 Å². The van der Waals surface area contributed by atoms with Gasteiger partial charge in [-0.1, -0.05) is 53.7 Å². The van der Waals surface area contributed by atoms with Crippen LogP contribution in [-0.4, -0.2) is 40.6 Å². The van der Waals surface area contributed by atoms with Crippen molar-refractivity contribution in [2.75, 3.05) is 11.1 Å². The van der Waals surface area contributed by atoms with Crippen LogP contribution >= 0.6 is 11.8 Å². The van der Waals surface area contributed by atoms with Crippen molar-refractivity contribution >= 4 is 40.2 Å². The molecule has 2 aromatic carbocycles. The Hall–Kier alpha value is -3.99. The van der Waals surface area contributed by atoms with E-state index in [9.17, 15) is 14.0 Å². The molecule has 0 bridgehead atoms. The highest BCUT2D eigenvalue weighted by atomic mass is 32.2. The monoisotopic (exact) mass is 477 g/mol. The molecule has 172 valence electrons. The zero-order valence-electron chi connectivity index (χ0n) is 18.4. The Labute approximate surface area is 197 Å². The molecule has 0 fully saturated rings. The van der Waals surface area contributed by atoms with E-state index in [-0.39, 0.29) is 22.9 Å². The van der Waals surface area contributed by atoms with Crippen molar-refractivity contribution in [2.45, 2.75) is 18.6 Å². The first-order valence-electron chi connectivity index (χ1n) is 10.4. The lowest BCUT2D eigenvalue weighted by atomic mass is 10.1. The fourth-order valence-corrected chi connectivity index (χ4v) is 4.44. The summed E-state index contributed by atoms with van der Waals surface area (Å²) in [6.45, 7) is 2.31. The van der Waals surface area contributed by atoms with E-state index in [2.05, 4.69) is 20.6 Å². The quantitative estimate of drug-likeness (QED) is 0.378. The van der Waals surface area contributed by atoms with Gasteiger partial charge in [0.1, 0.15) is 11.3 Å². The van der Waals surface area contributed by atoms with Gasteiger partial charge in [0.15, 0.2) is 10.7 Å². The van der Waals surface area contributed by atoms with Crippen molar-refractivity contribution in [1.29, 1.82) is 0 Å². The number of aryl methyl sites for hydroxylation is 2. The molecule has 0 unspecified atom stereocenters. The molecule has 5 aromatic rings. The lowest BCUT2D eigenvalue weighted by Crippen LogP contribution is -2.25. The van der Waals surface area contributed by atoms with Crippen LogP contribution in [0.5, 0.6) is 0 Å². The van der Waals surface area contributed by atoms with Gasteiger partial charge < -0.3 is 5.32 Å². The molecule has 3 heterocycles. The largest absolute Gasteiger partial charge is 0.323 e. The number of fused-ring (bicyclic) bond motifs is 3. The zero-order valence-corrected chi connectivity index (χ0v) is 19.2. The summed E-state index contributed by atoms with van der Waals surface area (Å²) < 4.78 is 18.6. The highest BCUT2D eigenvalue weighted by molar-refractivity contribution is 7.99. The minimum Gasteiger partial charge on any atom is -0.323 e. The number of anilines is 1. The number of benzene rings is 2. The van der Waals surface area contributed by atoms with Crippen LogP contribution < -0.4 is 10.9 Å². The summed E-state index contributed by atoms with van der Waals surface area (Å²) in [6, 6.07) is 13.9. The Morgan fingerprint density at radius 3 is 2.65 bits per heavy atom. The molecule has 0 spiro atoms. The number of aromatic nitrogens is 6. The molecule has 11 heteroatoms. The van der Waals surface area contributed by atoms with Gasteiger partial charge >= 0.3 is 0 Å². The van der Waals surface area contributed by atoms with Crippen LogP contribution in [0, 0.1) is 12.7 Å². The Kier molecular flexibility index (Phi) is 5.62. The molecule has 0 saturated heterocycles. The van der Waals surface area contributed by atoms with E-state index in [1.807, 2.05) is 31.2 Å². The van der Waals surface area contributed by atoms with Crippen molar-refractivity contribution in [3.8, 4) is 0 Å². The third-order valence-corrected chi connectivity index (χ3v) is 6.34. The second-order valence-corrected chi connectivity index (χ2v) is 8.76. The van der Waals surface area contributed by atoms with Gasteiger partial charge in [-0.15, -0.1) is 10.2 Å². The van der Waals surface area contributed by atoms with Gasteiger partial charge in [-0.3, -0.25) is 23.2 Å². The molecule has 0 saturated carbocycles. The van der Waals surface area contributed by atoms with Gasteiger partial charge in [0.05, 0.1) is 24.2 Å². The average molecular weight is 478 g/mol. The third-order valence-electron chi connectivity index (χ3n) is 5.41. The summed E-state index contributed by atoms with van der Waals surface area (Å²) in [5.74, 6) is -0.565. The van der Waals surface area contributed by atoms with E-state index in [0.717, 1.165) is 22.9 Å². The maximum atomic E-state index is 13.8. The summed E-state index contributed by atoms with van der Waals surface area (Å²) in [4.78, 5) is 25.7. The lowest BCUT2D eigenvalue weighted by molar-refractivity contribution is -0.113. The van der Waals surface area contributed by atoms with E-state index >= 15 is 0 Å². The average Bonchev–Trinajstić information content (AvgIpc) is 3.41. The first-order chi connectivity index (χ1) is 16.4. The zero-order chi connectivity index (χ0) is 23.8. The Morgan fingerprint density at radius 2 is 1.88 bits per heavy atom. The number of thioether (sulfide) groups is 1. The summed E-state index contributed by atoms with van der Waals surface area (Å²) in [6.07, 6.45) is 1.58. The van der Waals surface area contributed by atoms with E-state index < -0.39 is 5.82 Å². The Bertz CT molecular complexity index is 1590. The number of carbonyl (C=O) groups is 1. The highest BCUT2D eigenvalue weighted by Gasteiger charge is 2.20. The molecule has 5 rings (SSSR count). The van der Waals surface area contributed by atoms with Gasteiger partial charge in [-0.25, -0.2) is 4.39 Å². The Morgan fingerprint density at radius 1 is 1.12 bits per heavy atom. The number of amides is 1. The fourth-order valence-electron chi connectivity index (χ4n) is 3.70. The number of hydrogen-bond donors (Lipinski definition) is 1. The van der Waals surface area contributed by atoms with Gasteiger partial charge in [0.25, 0.3) is 5.56 Å². The number of halogens is 1.